The fourth-order valence-corrected chi connectivity index (χ4v) is 1.52. The van der Waals surface area contributed by atoms with Gasteiger partial charge in [-0.1, -0.05) is 11.6 Å². The van der Waals surface area contributed by atoms with Gasteiger partial charge < -0.3 is 5.11 Å². The van der Waals surface area contributed by atoms with Crippen LogP contribution in [0.2, 0.25) is 0 Å². The smallest absolute Gasteiger partial charge is 0.309 e. The molecule has 4 nitrogen and oxygen atoms in total. The van der Waals surface area contributed by atoms with Gasteiger partial charge in [0.2, 0.25) is 0 Å². The van der Waals surface area contributed by atoms with Gasteiger partial charge in [0.05, 0.1) is 12.1 Å². The van der Waals surface area contributed by atoms with E-state index >= 15 is 0 Å². The molecule has 1 N–H and O–H groups in total. The third kappa shape index (κ3) is 2.13. The van der Waals surface area contributed by atoms with E-state index in [1.807, 2.05) is 0 Å². The molecule has 0 aliphatic carbocycles. The molecule has 1 unspecified atom stereocenters. The van der Waals surface area contributed by atoms with Crippen LogP contribution >= 0.6 is 11.6 Å². The van der Waals surface area contributed by atoms with E-state index in [4.69, 9.17) is 16.7 Å². The second kappa shape index (κ2) is 3.15. The molecule has 0 aromatic heterocycles. The van der Waals surface area contributed by atoms with Crippen LogP contribution in [0.25, 0.3) is 0 Å². The van der Waals surface area contributed by atoms with Gasteiger partial charge in [-0.2, -0.15) is 0 Å². The average molecular weight is 194 g/mol. The highest BCUT2D eigenvalue weighted by Crippen LogP contribution is 2.15. The highest BCUT2D eigenvalue weighted by molar-refractivity contribution is 8.06. The molecular weight excluding hydrogens is 190 g/mol. The minimum Gasteiger partial charge on any atom is -0.481 e. The number of carboxylic acids is 1. The van der Waals surface area contributed by atoms with E-state index in [1.165, 1.54) is 5.41 Å². The van der Waals surface area contributed by atoms with Crippen LogP contribution in [0.3, 0.4) is 0 Å². The summed E-state index contributed by atoms with van der Waals surface area (Å²) in [4.78, 5) is 13.7. The molecule has 0 aromatic rings. The topological polar surface area (TPSA) is 66.7 Å². The maximum atomic E-state index is 10.7. The Labute approximate surface area is 70.0 Å². The van der Waals surface area contributed by atoms with Crippen molar-refractivity contribution in [1.29, 1.82) is 0 Å². The lowest BCUT2D eigenvalue weighted by Gasteiger charge is -1.87. The van der Waals surface area contributed by atoms with Crippen molar-refractivity contribution in [2.45, 2.75) is 6.42 Å². The molecule has 0 amide bonds. The number of halogens is 1. The summed E-state index contributed by atoms with van der Waals surface area (Å²) in [5.74, 6) is -1.01. The Bertz CT molecular complexity index is 283. The van der Waals surface area contributed by atoms with Gasteiger partial charge in [0, 0.05) is 5.41 Å². The number of hydrogen-bond donors (Lipinski definition) is 1. The summed E-state index contributed by atoms with van der Waals surface area (Å²) in [5.41, 5.74) is 0.251. The van der Waals surface area contributed by atoms with Crippen LogP contribution in [-0.4, -0.2) is 19.8 Å². The average Bonchev–Trinajstić information content (AvgIpc) is 2.10. The van der Waals surface area contributed by atoms with E-state index in [9.17, 15) is 9.00 Å². The number of aliphatic imine (C=N–C) groups is 1. The van der Waals surface area contributed by atoms with Gasteiger partial charge in [-0.3, -0.25) is 4.79 Å². The second-order valence-corrected chi connectivity index (χ2v) is 3.64. The molecule has 6 heteroatoms. The Morgan fingerprint density at radius 2 is 2.45 bits per heavy atom. The molecular formula is C5H4ClNO3S. The van der Waals surface area contributed by atoms with Crippen molar-refractivity contribution in [3.05, 3.63) is 11.1 Å². The third-order valence-corrected chi connectivity index (χ3v) is 2.42. The lowest BCUT2D eigenvalue weighted by molar-refractivity contribution is -0.136. The van der Waals surface area contributed by atoms with Crippen molar-refractivity contribution in [2.24, 2.45) is 4.99 Å². The van der Waals surface area contributed by atoms with Crippen molar-refractivity contribution < 1.29 is 14.1 Å². The predicted molar refractivity (Wildman–Crippen MR) is 41.8 cm³/mol. The fourth-order valence-electron chi connectivity index (χ4n) is 0.593. The van der Waals surface area contributed by atoms with Crippen molar-refractivity contribution in [3.63, 3.8) is 0 Å². The summed E-state index contributed by atoms with van der Waals surface area (Å²) in [7, 11) is -1.42. The summed E-state index contributed by atoms with van der Waals surface area (Å²) in [5, 5.41) is 9.53. The van der Waals surface area contributed by atoms with Gasteiger partial charge in [0.1, 0.15) is 10.8 Å². The van der Waals surface area contributed by atoms with Crippen LogP contribution in [0, 0.1) is 0 Å². The van der Waals surface area contributed by atoms with E-state index in [-0.39, 0.29) is 16.6 Å². The van der Waals surface area contributed by atoms with E-state index in [1.54, 1.807) is 0 Å². The SMILES string of the molecule is O=C(O)CC1=CS(=O)C(Cl)=N1. The molecule has 1 rings (SSSR count). The minimum atomic E-state index is -1.42. The van der Waals surface area contributed by atoms with Gasteiger partial charge in [0.15, 0.2) is 4.50 Å². The summed E-state index contributed by atoms with van der Waals surface area (Å²) >= 11 is 5.35. The van der Waals surface area contributed by atoms with E-state index < -0.39 is 16.8 Å². The number of hydrogen-bond acceptors (Lipinski definition) is 3. The molecule has 0 radical (unpaired) electrons. The van der Waals surface area contributed by atoms with Crippen molar-refractivity contribution in [3.8, 4) is 0 Å². The highest BCUT2D eigenvalue weighted by Gasteiger charge is 2.15. The fraction of sp³-hybridized carbons (Fsp3) is 0.200. The lowest BCUT2D eigenvalue weighted by atomic mass is 10.4. The van der Waals surface area contributed by atoms with Gasteiger partial charge in [0.25, 0.3) is 0 Å². The zero-order valence-electron chi connectivity index (χ0n) is 5.28. The minimum absolute atomic E-state index is 0.0544. The quantitative estimate of drug-likeness (QED) is 0.701. The van der Waals surface area contributed by atoms with Gasteiger partial charge in [-0.05, 0) is 0 Å². The van der Waals surface area contributed by atoms with Gasteiger partial charge >= 0.3 is 5.97 Å². The molecule has 1 atom stereocenters. The molecule has 0 aromatic carbocycles. The van der Waals surface area contributed by atoms with Gasteiger partial charge in [-0.25, -0.2) is 9.20 Å². The molecule has 0 fully saturated rings. The molecule has 0 bridgehead atoms. The molecule has 1 aliphatic rings. The van der Waals surface area contributed by atoms with Crippen molar-refractivity contribution in [2.75, 3.05) is 0 Å². The zero-order chi connectivity index (χ0) is 8.43. The maximum absolute atomic E-state index is 10.7. The molecule has 1 heterocycles. The summed E-state index contributed by atoms with van der Waals surface area (Å²) in [6, 6.07) is 0. The summed E-state index contributed by atoms with van der Waals surface area (Å²) in [6.07, 6.45) is -0.234. The maximum Gasteiger partial charge on any atom is 0.309 e. The van der Waals surface area contributed by atoms with E-state index in [0.29, 0.717) is 0 Å². The standard InChI is InChI=1S/C5H4ClNO3S/c6-5-7-3(1-4(8)9)2-11(5)10/h2H,1H2,(H,8,9). The van der Waals surface area contributed by atoms with Crippen molar-refractivity contribution in [1.82, 2.24) is 0 Å². The lowest BCUT2D eigenvalue weighted by Crippen LogP contribution is -1.94. The second-order valence-electron chi connectivity index (χ2n) is 1.84. The number of aliphatic carboxylic acids is 1. The van der Waals surface area contributed by atoms with Crippen LogP contribution in [0.4, 0.5) is 0 Å². The van der Waals surface area contributed by atoms with Crippen molar-refractivity contribution >= 4 is 32.9 Å². The first kappa shape index (κ1) is 8.42. The number of carbonyl (C=O) groups is 1. The Morgan fingerprint density at radius 3 is 2.82 bits per heavy atom. The molecule has 0 spiro atoms. The Morgan fingerprint density at radius 1 is 1.82 bits per heavy atom. The molecule has 60 valence electrons. The Kier molecular flexibility index (Phi) is 2.41. The molecule has 1 aliphatic heterocycles. The van der Waals surface area contributed by atoms with Crippen LogP contribution in [0.1, 0.15) is 6.42 Å². The Balaban J connectivity index is 2.71. The monoisotopic (exact) mass is 193 g/mol. The number of nitrogens with zero attached hydrogens (tertiary/aromatic N) is 1. The van der Waals surface area contributed by atoms with Crippen LogP contribution < -0.4 is 0 Å². The first-order chi connectivity index (χ1) is 5.09. The highest BCUT2D eigenvalue weighted by atomic mass is 35.5. The van der Waals surface area contributed by atoms with Crippen LogP contribution in [-0.2, 0) is 15.6 Å². The van der Waals surface area contributed by atoms with E-state index in [2.05, 4.69) is 4.99 Å². The molecule has 0 saturated heterocycles. The Hall–Kier alpha value is -0.680. The van der Waals surface area contributed by atoms with Crippen LogP contribution in [0.5, 0.6) is 0 Å². The number of rotatable bonds is 2. The van der Waals surface area contributed by atoms with Crippen LogP contribution in [0.15, 0.2) is 16.1 Å². The summed E-state index contributed by atoms with van der Waals surface area (Å²) < 4.78 is 10.7. The number of carboxylic acid groups (broad SMARTS) is 1. The van der Waals surface area contributed by atoms with E-state index in [0.717, 1.165) is 0 Å². The first-order valence-electron chi connectivity index (χ1n) is 2.67. The first-order valence-corrected chi connectivity index (χ1v) is 4.26. The summed E-state index contributed by atoms with van der Waals surface area (Å²) in [6.45, 7) is 0. The third-order valence-electron chi connectivity index (χ3n) is 0.973. The predicted octanol–water partition coefficient (Wildman–Crippen LogP) is 0.660. The largest absolute Gasteiger partial charge is 0.481 e. The molecule has 11 heavy (non-hydrogen) atoms. The van der Waals surface area contributed by atoms with Gasteiger partial charge in [-0.15, -0.1) is 0 Å². The normalized spacial score (nSPS) is 22.8. The molecule has 0 saturated carbocycles. The zero-order valence-corrected chi connectivity index (χ0v) is 6.85.